The quantitative estimate of drug-likeness (QED) is 0.871. The van der Waals surface area contributed by atoms with Gasteiger partial charge in [-0.05, 0) is 44.4 Å². The maximum Gasteiger partial charge on any atom is 0.329 e. The Kier molecular flexibility index (Phi) is 4.50. The van der Waals surface area contributed by atoms with Crippen molar-refractivity contribution < 1.29 is 14.7 Å². The van der Waals surface area contributed by atoms with Crippen molar-refractivity contribution in [1.29, 1.82) is 0 Å². The number of amides is 1. The summed E-state index contributed by atoms with van der Waals surface area (Å²) in [5.74, 6) is -1.21. The van der Waals surface area contributed by atoms with E-state index in [-0.39, 0.29) is 5.91 Å². The van der Waals surface area contributed by atoms with Gasteiger partial charge in [0.1, 0.15) is 5.54 Å². The van der Waals surface area contributed by atoms with Gasteiger partial charge in [-0.2, -0.15) is 0 Å². The van der Waals surface area contributed by atoms with Crippen molar-refractivity contribution in [2.24, 2.45) is 0 Å². The minimum atomic E-state index is -1.10. The SMILES string of the molecule is CC1(C(=O)O)CCCCN1C(=O)/C=C/c1ccc(Cl)s1. The summed E-state index contributed by atoms with van der Waals surface area (Å²) in [5.41, 5.74) is -1.10. The summed E-state index contributed by atoms with van der Waals surface area (Å²) in [4.78, 5) is 26.0. The van der Waals surface area contributed by atoms with Crippen LogP contribution < -0.4 is 0 Å². The lowest BCUT2D eigenvalue weighted by molar-refractivity contribution is -0.158. The minimum absolute atomic E-state index is 0.265. The molecule has 1 fully saturated rings. The van der Waals surface area contributed by atoms with Crippen molar-refractivity contribution in [3.63, 3.8) is 0 Å². The molecule has 1 amide bonds. The third-order valence-electron chi connectivity index (χ3n) is 3.60. The molecule has 1 aromatic heterocycles. The van der Waals surface area contributed by atoms with Crippen LogP contribution in [-0.2, 0) is 9.59 Å². The van der Waals surface area contributed by atoms with E-state index in [0.29, 0.717) is 17.3 Å². The van der Waals surface area contributed by atoms with E-state index in [1.165, 1.54) is 22.3 Å². The van der Waals surface area contributed by atoms with Crippen LogP contribution >= 0.6 is 22.9 Å². The zero-order valence-corrected chi connectivity index (χ0v) is 12.7. The maximum absolute atomic E-state index is 12.2. The van der Waals surface area contributed by atoms with Crippen LogP contribution in [0.3, 0.4) is 0 Å². The molecule has 1 unspecified atom stereocenters. The van der Waals surface area contributed by atoms with Gasteiger partial charge in [0.2, 0.25) is 5.91 Å². The van der Waals surface area contributed by atoms with Gasteiger partial charge >= 0.3 is 5.97 Å². The van der Waals surface area contributed by atoms with Gasteiger partial charge in [0.05, 0.1) is 4.34 Å². The minimum Gasteiger partial charge on any atom is -0.480 e. The van der Waals surface area contributed by atoms with Crippen molar-refractivity contribution in [1.82, 2.24) is 4.90 Å². The molecule has 2 heterocycles. The second kappa shape index (κ2) is 5.97. The van der Waals surface area contributed by atoms with E-state index >= 15 is 0 Å². The predicted molar refractivity (Wildman–Crippen MR) is 80.0 cm³/mol. The van der Waals surface area contributed by atoms with Crippen molar-refractivity contribution >= 4 is 40.9 Å². The predicted octanol–water partition coefficient (Wildman–Crippen LogP) is 3.27. The zero-order valence-electron chi connectivity index (χ0n) is 11.1. The Balaban J connectivity index is 2.14. The van der Waals surface area contributed by atoms with Crippen molar-refractivity contribution in [3.8, 4) is 0 Å². The molecule has 20 heavy (non-hydrogen) atoms. The Bertz CT molecular complexity index is 554. The number of carbonyl (C=O) groups excluding carboxylic acids is 1. The lowest BCUT2D eigenvalue weighted by Crippen LogP contribution is -2.57. The van der Waals surface area contributed by atoms with E-state index in [4.69, 9.17) is 11.6 Å². The van der Waals surface area contributed by atoms with Crippen LogP contribution in [0.2, 0.25) is 4.34 Å². The molecule has 1 atom stereocenters. The van der Waals surface area contributed by atoms with Crippen molar-refractivity contribution in [2.75, 3.05) is 6.54 Å². The van der Waals surface area contributed by atoms with Gasteiger partial charge in [0.25, 0.3) is 0 Å². The highest BCUT2D eigenvalue weighted by Gasteiger charge is 2.43. The molecule has 0 saturated carbocycles. The Morgan fingerprint density at radius 1 is 1.45 bits per heavy atom. The molecule has 1 N–H and O–H groups in total. The Morgan fingerprint density at radius 3 is 2.80 bits per heavy atom. The second-order valence-corrected chi connectivity index (χ2v) is 6.75. The number of hydrogen-bond donors (Lipinski definition) is 1. The van der Waals surface area contributed by atoms with Gasteiger partial charge in [-0.1, -0.05) is 11.6 Å². The molecule has 1 saturated heterocycles. The van der Waals surface area contributed by atoms with Crippen LogP contribution in [0.15, 0.2) is 18.2 Å². The van der Waals surface area contributed by atoms with E-state index in [0.717, 1.165) is 17.7 Å². The topological polar surface area (TPSA) is 57.6 Å². The molecule has 0 aromatic carbocycles. The molecule has 0 bridgehead atoms. The smallest absolute Gasteiger partial charge is 0.329 e. The largest absolute Gasteiger partial charge is 0.480 e. The number of likely N-dealkylation sites (tertiary alicyclic amines) is 1. The van der Waals surface area contributed by atoms with E-state index < -0.39 is 11.5 Å². The molecular weight excluding hydrogens is 298 g/mol. The summed E-state index contributed by atoms with van der Waals surface area (Å²) < 4.78 is 0.658. The third-order valence-corrected chi connectivity index (χ3v) is 4.80. The summed E-state index contributed by atoms with van der Waals surface area (Å²) >= 11 is 7.20. The zero-order chi connectivity index (χ0) is 14.8. The third kappa shape index (κ3) is 3.04. The first-order valence-corrected chi connectivity index (χ1v) is 7.61. The maximum atomic E-state index is 12.2. The normalized spacial score (nSPS) is 23.2. The highest BCUT2D eigenvalue weighted by Crippen LogP contribution is 2.29. The number of carbonyl (C=O) groups is 2. The van der Waals surface area contributed by atoms with Crippen molar-refractivity contribution in [3.05, 3.63) is 27.4 Å². The lowest BCUT2D eigenvalue weighted by atomic mass is 9.88. The number of halogens is 1. The van der Waals surface area contributed by atoms with Crippen LogP contribution in [0.25, 0.3) is 6.08 Å². The highest BCUT2D eigenvalue weighted by molar-refractivity contribution is 7.17. The van der Waals surface area contributed by atoms with Gasteiger partial charge < -0.3 is 10.0 Å². The van der Waals surface area contributed by atoms with Crippen molar-refractivity contribution in [2.45, 2.75) is 31.7 Å². The fourth-order valence-corrected chi connectivity index (χ4v) is 3.32. The molecule has 1 aliphatic heterocycles. The fraction of sp³-hybridized carbons (Fsp3) is 0.429. The molecule has 1 aliphatic rings. The van der Waals surface area contributed by atoms with E-state index in [1.54, 1.807) is 19.1 Å². The second-order valence-electron chi connectivity index (χ2n) is 5.00. The Labute approximate surface area is 126 Å². The van der Waals surface area contributed by atoms with Crippen LogP contribution in [0.4, 0.5) is 0 Å². The number of hydrogen-bond acceptors (Lipinski definition) is 3. The number of carboxylic acids is 1. The summed E-state index contributed by atoms with van der Waals surface area (Å²) in [7, 11) is 0. The summed E-state index contributed by atoms with van der Waals surface area (Å²) in [5, 5.41) is 9.37. The molecule has 0 spiro atoms. The average Bonchev–Trinajstić information content (AvgIpc) is 2.82. The van der Waals surface area contributed by atoms with Gasteiger partial charge in [-0.25, -0.2) is 4.79 Å². The van der Waals surface area contributed by atoms with Gasteiger partial charge in [-0.15, -0.1) is 11.3 Å². The lowest BCUT2D eigenvalue weighted by Gasteiger charge is -2.41. The standard InChI is InChI=1S/C14H16ClNO3S/c1-14(13(18)19)8-2-3-9-16(14)12(17)7-5-10-4-6-11(15)20-10/h4-7H,2-3,8-9H2,1H3,(H,18,19)/b7-5+. The Hall–Kier alpha value is -1.33. The monoisotopic (exact) mass is 313 g/mol. The molecular formula is C14H16ClNO3S. The number of thiophene rings is 1. The summed E-state index contributed by atoms with van der Waals surface area (Å²) in [6.45, 7) is 2.10. The average molecular weight is 314 g/mol. The number of carboxylic acid groups (broad SMARTS) is 1. The van der Waals surface area contributed by atoms with Gasteiger partial charge in [0, 0.05) is 17.5 Å². The first-order valence-electron chi connectivity index (χ1n) is 6.42. The number of rotatable bonds is 3. The number of aliphatic carboxylic acids is 1. The first kappa shape index (κ1) is 15.1. The molecule has 1 aromatic rings. The van der Waals surface area contributed by atoms with Crippen LogP contribution in [0.1, 0.15) is 31.1 Å². The van der Waals surface area contributed by atoms with Gasteiger partial charge in [0.15, 0.2) is 0 Å². The Morgan fingerprint density at radius 2 is 2.20 bits per heavy atom. The molecule has 6 heteroatoms. The molecule has 0 aliphatic carbocycles. The van der Waals surface area contributed by atoms with Crippen LogP contribution in [0, 0.1) is 0 Å². The van der Waals surface area contributed by atoms with E-state index in [9.17, 15) is 14.7 Å². The summed E-state index contributed by atoms with van der Waals surface area (Å²) in [6, 6.07) is 3.59. The van der Waals surface area contributed by atoms with E-state index in [2.05, 4.69) is 0 Å². The number of piperidine rings is 1. The fourth-order valence-electron chi connectivity index (χ4n) is 2.36. The van der Waals surface area contributed by atoms with Crippen LogP contribution in [-0.4, -0.2) is 34.0 Å². The number of nitrogens with zero attached hydrogens (tertiary/aromatic N) is 1. The first-order chi connectivity index (χ1) is 9.43. The molecule has 0 radical (unpaired) electrons. The van der Waals surface area contributed by atoms with Crippen LogP contribution in [0.5, 0.6) is 0 Å². The highest BCUT2D eigenvalue weighted by atomic mass is 35.5. The molecule has 2 rings (SSSR count). The summed E-state index contributed by atoms with van der Waals surface area (Å²) in [6.07, 6.45) is 5.27. The molecule has 4 nitrogen and oxygen atoms in total. The van der Waals surface area contributed by atoms with E-state index in [1.807, 2.05) is 6.07 Å². The van der Waals surface area contributed by atoms with Gasteiger partial charge in [-0.3, -0.25) is 4.79 Å². The molecule has 108 valence electrons.